The smallest absolute Gasteiger partial charge is 0.409 e. The summed E-state index contributed by atoms with van der Waals surface area (Å²) in [5, 5.41) is 11.8. The monoisotopic (exact) mass is 495 g/mol. The molecule has 0 radical (unpaired) electrons. The van der Waals surface area contributed by atoms with E-state index in [9.17, 15) is 14.4 Å². The first-order valence-electron chi connectivity index (χ1n) is 11.0. The standard InChI is InChI=1S/C25H26ClN5O4/c1-15-20(21(32)30(28-15)19-13-11-17(26)12-14-19)25(27-23(34)35-24(3,4)5)16(2)29-31(22(25)33)18-9-7-6-8-10-18/h6-14,28H,1-5H3,(H,27,34)/t25-/m1/s1. The molecule has 0 unspecified atom stereocenters. The number of anilines is 1. The van der Waals surface area contributed by atoms with Gasteiger partial charge in [0.1, 0.15) is 5.60 Å². The van der Waals surface area contributed by atoms with Gasteiger partial charge in [-0.3, -0.25) is 20.0 Å². The predicted octanol–water partition coefficient (Wildman–Crippen LogP) is 4.27. The van der Waals surface area contributed by atoms with Crippen LogP contribution in [-0.2, 0) is 15.1 Å². The number of hydrogen-bond acceptors (Lipinski definition) is 5. The zero-order valence-electron chi connectivity index (χ0n) is 20.0. The van der Waals surface area contributed by atoms with Crippen molar-refractivity contribution in [3.63, 3.8) is 0 Å². The van der Waals surface area contributed by atoms with E-state index in [1.807, 2.05) is 6.07 Å². The fraction of sp³-hybridized carbons (Fsp3) is 0.280. The number of ether oxygens (including phenoxy) is 1. The van der Waals surface area contributed by atoms with Crippen LogP contribution in [0.4, 0.5) is 10.5 Å². The Kier molecular flexibility index (Phi) is 6.06. The number of aryl methyl sites for hydroxylation is 1. The van der Waals surface area contributed by atoms with E-state index in [-0.39, 0.29) is 11.3 Å². The van der Waals surface area contributed by atoms with Crippen LogP contribution in [-0.4, -0.2) is 33.1 Å². The number of aromatic amines is 1. The maximum Gasteiger partial charge on any atom is 0.409 e. The second-order valence-electron chi connectivity index (χ2n) is 9.24. The summed E-state index contributed by atoms with van der Waals surface area (Å²) in [4.78, 5) is 40.7. The maximum absolute atomic E-state index is 14.0. The Labute approximate surface area is 207 Å². The number of hydrazone groups is 1. The fourth-order valence-electron chi connectivity index (χ4n) is 4.04. The molecule has 2 aromatic carbocycles. The van der Waals surface area contributed by atoms with Crippen molar-refractivity contribution >= 4 is 35.0 Å². The van der Waals surface area contributed by atoms with Crippen molar-refractivity contribution in [2.75, 3.05) is 5.01 Å². The zero-order chi connectivity index (χ0) is 25.5. The number of aromatic nitrogens is 2. The summed E-state index contributed by atoms with van der Waals surface area (Å²) in [5.41, 5.74) is -1.56. The van der Waals surface area contributed by atoms with Crippen LogP contribution in [0.15, 0.2) is 64.5 Å². The Bertz CT molecular complexity index is 1370. The number of alkyl carbamates (subject to hydrolysis) is 1. The molecule has 0 saturated carbocycles. The highest BCUT2D eigenvalue weighted by Crippen LogP contribution is 2.35. The van der Waals surface area contributed by atoms with Gasteiger partial charge in [-0.05, 0) is 71.0 Å². The van der Waals surface area contributed by atoms with Crippen LogP contribution in [0.5, 0.6) is 0 Å². The van der Waals surface area contributed by atoms with Gasteiger partial charge < -0.3 is 4.74 Å². The second kappa shape index (κ2) is 8.74. The molecule has 0 aliphatic carbocycles. The Hall–Kier alpha value is -3.85. The van der Waals surface area contributed by atoms with Gasteiger partial charge in [-0.15, -0.1) is 0 Å². The van der Waals surface area contributed by atoms with Crippen molar-refractivity contribution in [2.45, 2.75) is 45.8 Å². The van der Waals surface area contributed by atoms with Crippen LogP contribution in [0.2, 0.25) is 5.02 Å². The SMILES string of the molecule is CC1=NN(c2ccccc2)C(=O)[C@]1(NC(=O)OC(C)(C)C)c1c(C)[nH]n(-c2ccc(Cl)cc2)c1=O. The molecule has 182 valence electrons. The summed E-state index contributed by atoms with van der Waals surface area (Å²) in [7, 11) is 0. The first-order valence-corrected chi connectivity index (χ1v) is 11.4. The molecule has 3 aromatic rings. The van der Waals surface area contributed by atoms with Gasteiger partial charge in [0.15, 0.2) is 5.54 Å². The molecule has 2 N–H and O–H groups in total. The number of halogens is 1. The normalized spacial score (nSPS) is 17.9. The highest BCUT2D eigenvalue weighted by Gasteiger charge is 2.56. The minimum absolute atomic E-state index is 0.0444. The van der Waals surface area contributed by atoms with Crippen LogP contribution < -0.4 is 15.9 Å². The number of amides is 2. The minimum atomic E-state index is -1.88. The molecule has 10 heteroatoms. The molecule has 35 heavy (non-hydrogen) atoms. The molecule has 1 aliphatic rings. The van der Waals surface area contributed by atoms with E-state index in [2.05, 4.69) is 15.5 Å². The quantitative estimate of drug-likeness (QED) is 0.563. The van der Waals surface area contributed by atoms with Crippen LogP contribution in [0, 0.1) is 6.92 Å². The molecule has 0 fully saturated rings. The van der Waals surface area contributed by atoms with Crippen molar-refractivity contribution in [3.05, 3.63) is 81.2 Å². The number of hydrogen-bond donors (Lipinski definition) is 2. The van der Waals surface area contributed by atoms with E-state index >= 15 is 0 Å². The number of nitrogens with zero attached hydrogens (tertiary/aromatic N) is 3. The van der Waals surface area contributed by atoms with Gasteiger partial charge in [-0.1, -0.05) is 29.8 Å². The highest BCUT2D eigenvalue weighted by molar-refractivity contribution is 6.30. The number of rotatable bonds is 4. The Balaban J connectivity index is 1.90. The topological polar surface area (TPSA) is 109 Å². The first kappa shape index (κ1) is 24.3. The summed E-state index contributed by atoms with van der Waals surface area (Å²) >= 11 is 6.00. The van der Waals surface area contributed by atoms with Crippen LogP contribution in [0.1, 0.15) is 39.0 Å². The van der Waals surface area contributed by atoms with Crippen molar-refractivity contribution in [1.82, 2.24) is 15.1 Å². The van der Waals surface area contributed by atoms with Crippen LogP contribution in [0.25, 0.3) is 5.69 Å². The predicted molar refractivity (Wildman–Crippen MR) is 134 cm³/mol. The first-order chi connectivity index (χ1) is 16.4. The van der Waals surface area contributed by atoms with Crippen molar-refractivity contribution in [2.24, 2.45) is 5.10 Å². The number of para-hydroxylation sites is 1. The van der Waals surface area contributed by atoms with Gasteiger partial charge in [0.2, 0.25) is 0 Å². The third-order valence-electron chi connectivity index (χ3n) is 5.53. The van der Waals surface area contributed by atoms with E-state index in [0.717, 1.165) is 0 Å². The molecule has 1 aliphatic heterocycles. The molecule has 2 heterocycles. The van der Waals surface area contributed by atoms with Gasteiger partial charge in [-0.25, -0.2) is 9.48 Å². The van der Waals surface area contributed by atoms with E-state index in [4.69, 9.17) is 16.3 Å². The summed E-state index contributed by atoms with van der Waals surface area (Å²) in [5.74, 6) is -0.602. The third-order valence-corrected chi connectivity index (χ3v) is 5.78. The lowest BCUT2D eigenvalue weighted by Crippen LogP contribution is -2.59. The highest BCUT2D eigenvalue weighted by atomic mass is 35.5. The lowest BCUT2D eigenvalue weighted by atomic mass is 9.85. The molecule has 1 aromatic heterocycles. The fourth-order valence-corrected chi connectivity index (χ4v) is 4.17. The van der Waals surface area contributed by atoms with Gasteiger partial charge >= 0.3 is 6.09 Å². The number of nitrogens with one attached hydrogen (secondary N) is 2. The molecule has 0 spiro atoms. The number of H-pyrrole nitrogens is 1. The van der Waals surface area contributed by atoms with Crippen molar-refractivity contribution in [3.8, 4) is 5.69 Å². The minimum Gasteiger partial charge on any atom is -0.444 e. The number of benzene rings is 2. The van der Waals surface area contributed by atoms with E-state index in [1.165, 1.54) is 9.69 Å². The lowest BCUT2D eigenvalue weighted by Gasteiger charge is -2.30. The molecule has 2 amide bonds. The summed E-state index contributed by atoms with van der Waals surface area (Å²) < 4.78 is 6.76. The van der Waals surface area contributed by atoms with Gasteiger partial charge in [0.25, 0.3) is 11.5 Å². The maximum atomic E-state index is 14.0. The lowest BCUT2D eigenvalue weighted by molar-refractivity contribution is -0.122. The van der Waals surface area contributed by atoms with E-state index < -0.39 is 28.7 Å². The van der Waals surface area contributed by atoms with E-state index in [1.54, 1.807) is 83.1 Å². The third kappa shape index (κ3) is 4.35. The Morgan fingerprint density at radius 2 is 1.66 bits per heavy atom. The van der Waals surface area contributed by atoms with Crippen LogP contribution >= 0.6 is 11.6 Å². The van der Waals surface area contributed by atoms with Gasteiger partial charge in [-0.2, -0.15) is 10.1 Å². The van der Waals surface area contributed by atoms with Gasteiger partial charge in [0.05, 0.1) is 22.6 Å². The summed E-state index contributed by atoms with van der Waals surface area (Å²) in [6.45, 7) is 8.39. The molecule has 0 saturated heterocycles. The number of carbonyl (C=O) groups excluding carboxylic acids is 2. The Morgan fingerprint density at radius 3 is 2.26 bits per heavy atom. The van der Waals surface area contributed by atoms with E-state index in [0.29, 0.717) is 22.1 Å². The molecular formula is C25H26ClN5O4. The summed E-state index contributed by atoms with van der Waals surface area (Å²) in [6.07, 6.45) is -0.853. The Morgan fingerprint density at radius 1 is 1.03 bits per heavy atom. The molecule has 1 atom stereocenters. The molecule has 4 rings (SSSR count). The largest absolute Gasteiger partial charge is 0.444 e. The molecule has 9 nitrogen and oxygen atoms in total. The van der Waals surface area contributed by atoms with Crippen LogP contribution in [0.3, 0.4) is 0 Å². The molecular weight excluding hydrogens is 470 g/mol. The number of carbonyl (C=O) groups is 2. The van der Waals surface area contributed by atoms with Gasteiger partial charge in [0, 0.05) is 10.7 Å². The van der Waals surface area contributed by atoms with Crippen molar-refractivity contribution < 1.29 is 14.3 Å². The average Bonchev–Trinajstić information content (AvgIpc) is 3.21. The molecule has 0 bridgehead atoms. The average molecular weight is 496 g/mol. The van der Waals surface area contributed by atoms with Crippen molar-refractivity contribution in [1.29, 1.82) is 0 Å². The zero-order valence-corrected chi connectivity index (χ0v) is 20.8. The second-order valence-corrected chi connectivity index (χ2v) is 9.68. The summed E-state index contributed by atoms with van der Waals surface area (Å²) in [6, 6.07) is 15.4.